The van der Waals surface area contributed by atoms with Crippen LogP contribution >= 0.6 is 0 Å². The van der Waals surface area contributed by atoms with Gasteiger partial charge in [0.25, 0.3) is 5.91 Å². The summed E-state index contributed by atoms with van der Waals surface area (Å²) in [6.07, 6.45) is 0.223. The van der Waals surface area contributed by atoms with Gasteiger partial charge in [0.05, 0.1) is 13.0 Å². The molecular weight excluding hydrogens is 364 g/mol. The van der Waals surface area contributed by atoms with E-state index in [0.29, 0.717) is 6.54 Å². The van der Waals surface area contributed by atoms with Gasteiger partial charge in [-0.3, -0.25) is 9.59 Å². The zero-order chi connectivity index (χ0) is 20.5. The summed E-state index contributed by atoms with van der Waals surface area (Å²) in [4.78, 5) is 26.7. The van der Waals surface area contributed by atoms with Crippen molar-refractivity contribution >= 4 is 23.2 Å². The number of benzene rings is 3. The van der Waals surface area contributed by atoms with Crippen LogP contribution in [0.15, 0.2) is 84.9 Å². The lowest BCUT2D eigenvalue weighted by molar-refractivity contribution is -0.122. The Labute approximate surface area is 170 Å². The molecule has 0 atom stereocenters. The van der Waals surface area contributed by atoms with Crippen LogP contribution in [-0.4, -0.2) is 25.5 Å². The van der Waals surface area contributed by atoms with E-state index in [1.807, 2.05) is 84.9 Å². The van der Waals surface area contributed by atoms with E-state index in [9.17, 15) is 9.59 Å². The van der Waals surface area contributed by atoms with E-state index >= 15 is 0 Å². The second-order valence-corrected chi connectivity index (χ2v) is 6.66. The number of nitrogens with zero attached hydrogens (tertiary/aromatic N) is 1. The summed E-state index contributed by atoms with van der Waals surface area (Å²) in [5.41, 5.74) is 3.35. The van der Waals surface area contributed by atoms with E-state index in [2.05, 4.69) is 5.32 Å². The number of para-hydroxylation sites is 1. The standard InChI is InChI=1S/C24H24N2O3/c1-29-18-24(28)26(17-19-9-4-2-5-10-19)22-14-8-11-20(15-22)16-23(27)25-21-12-6-3-7-13-21/h2-15H,16-18H2,1H3,(H,25,27). The minimum atomic E-state index is -0.137. The van der Waals surface area contributed by atoms with Crippen molar-refractivity contribution < 1.29 is 14.3 Å². The van der Waals surface area contributed by atoms with Crippen LogP contribution in [0.4, 0.5) is 11.4 Å². The van der Waals surface area contributed by atoms with Crippen LogP contribution in [0.3, 0.4) is 0 Å². The smallest absolute Gasteiger partial charge is 0.253 e. The number of rotatable bonds is 8. The molecule has 0 bridgehead atoms. The van der Waals surface area contributed by atoms with Gasteiger partial charge in [-0.2, -0.15) is 0 Å². The van der Waals surface area contributed by atoms with Crippen molar-refractivity contribution in [2.24, 2.45) is 0 Å². The second-order valence-electron chi connectivity index (χ2n) is 6.66. The van der Waals surface area contributed by atoms with Gasteiger partial charge in [0.2, 0.25) is 5.91 Å². The molecule has 29 heavy (non-hydrogen) atoms. The number of hydrogen-bond donors (Lipinski definition) is 1. The molecule has 148 valence electrons. The Kier molecular flexibility index (Phi) is 7.14. The van der Waals surface area contributed by atoms with E-state index in [1.54, 1.807) is 4.90 Å². The van der Waals surface area contributed by atoms with Crippen molar-refractivity contribution in [2.75, 3.05) is 23.9 Å². The van der Waals surface area contributed by atoms with Gasteiger partial charge in [0, 0.05) is 18.5 Å². The highest BCUT2D eigenvalue weighted by atomic mass is 16.5. The number of amides is 2. The minimum Gasteiger partial charge on any atom is -0.375 e. The average molecular weight is 388 g/mol. The lowest BCUT2D eigenvalue weighted by Gasteiger charge is -2.23. The zero-order valence-electron chi connectivity index (χ0n) is 16.4. The molecule has 1 N–H and O–H groups in total. The van der Waals surface area contributed by atoms with Gasteiger partial charge in [-0.25, -0.2) is 0 Å². The first-order chi connectivity index (χ1) is 14.2. The molecule has 3 aromatic rings. The van der Waals surface area contributed by atoms with Gasteiger partial charge in [-0.15, -0.1) is 0 Å². The van der Waals surface area contributed by atoms with Gasteiger partial charge in [-0.1, -0.05) is 60.7 Å². The molecule has 5 heteroatoms. The van der Waals surface area contributed by atoms with Crippen LogP contribution < -0.4 is 10.2 Å². The van der Waals surface area contributed by atoms with Gasteiger partial charge < -0.3 is 15.0 Å². The summed E-state index contributed by atoms with van der Waals surface area (Å²) in [5, 5.41) is 2.88. The third-order valence-corrected chi connectivity index (χ3v) is 4.40. The molecule has 5 nitrogen and oxygen atoms in total. The molecule has 0 spiro atoms. The SMILES string of the molecule is COCC(=O)N(Cc1ccccc1)c1cccc(CC(=O)Nc2ccccc2)c1. The highest BCUT2D eigenvalue weighted by Crippen LogP contribution is 2.20. The Morgan fingerprint density at radius 2 is 1.52 bits per heavy atom. The summed E-state index contributed by atoms with van der Waals surface area (Å²) in [6.45, 7) is 0.425. The molecule has 0 unspecified atom stereocenters. The van der Waals surface area contributed by atoms with Gasteiger partial charge in [-0.05, 0) is 35.4 Å². The van der Waals surface area contributed by atoms with Crippen LogP contribution in [0.2, 0.25) is 0 Å². The number of nitrogens with one attached hydrogen (secondary N) is 1. The van der Waals surface area contributed by atoms with Crippen molar-refractivity contribution in [3.63, 3.8) is 0 Å². The molecule has 0 saturated carbocycles. The minimum absolute atomic E-state index is 0.00838. The van der Waals surface area contributed by atoms with Crippen molar-refractivity contribution in [3.8, 4) is 0 Å². The maximum Gasteiger partial charge on any atom is 0.253 e. The van der Waals surface area contributed by atoms with Crippen LogP contribution in [0.25, 0.3) is 0 Å². The summed E-state index contributed by atoms with van der Waals surface area (Å²) >= 11 is 0. The zero-order valence-corrected chi connectivity index (χ0v) is 16.4. The van der Waals surface area contributed by atoms with Crippen molar-refractivity contribution in [1.29, 1.82) is 0 Å². The Bertz CT molecular complexity index is 943. The van der Waals surface area contributed by atoms with Crippen LogP contribution in [0.1, 0.15) is 11.1 Å². The maximum atomic E-state index is 12.6. The summed E-state index contributed by atoms with van der Waals surface area (Å²) in [6, 6.07) is 26.6. The Morgan fingerprint density at radius 1 is 0.862 bits per heavy atom. The highest BCUT2D eigenvalue weighted by Gasteiger charge is 2.17. The lowest BCUT2D eigenvalue weighted by Crippen LogP contribution is -2.33. The van der Waals surface area contributed by atoms with E-state index < -0.39 is 0 Å². The summed E-state index contributed by atoms with van der Waals surface area (Å²) in [5.74, 6) is -0.242. The largest absolute Gasteiger partial charge is 0.375 e. The lowest BCUT2D eigenvalue weighted by atomic mass is 10.1. The summed E-state index contributed by atoms with van der Waals surface area (Å²) in [7, 11) is 1.50. The Hall–Kier alpha value is -3.44. The number of anilines is 2. The first-order valence-corrected chi connectivity index (χ1v) is 9.43. The summed E-state index contributed by atoms with van der Waals surface area (Å²) < 4.78 is 5.05. The topological polar surface area (TPSA) is 58.6 Å². The third kappa shape index (κ3) is 6.02. The van der Waals surface area contributed by atoms with E-state index in [1.165, 1.54) is 7.11 Å². The first-order valence-electron chi connectivity index (χ1n) is 9.43. The molecule has 0 saturated heterocycles. The number of methoxy groups -OCH3 is 1. The third-order valence-electron chi connectivity index (χ3n) is 4.40. The number of carbonyl (C=O) groups is 2. The van der Waals surface area contributed by atoms with Crippen LogP contribution in [0, 0.1) is 0 Å². The Balaban J connectivity index is 1.76. The quantitative estimate of drug-likeness (QED) is 0.633. The number of ether oxygens (including phenoxy) is 1. The predicted molar refractivity (Wildman–Crippen MR) is 115 cm³/mol. The second kappa shape index (κ2) is 10.2. The Morgan fingerprint density at radius 3 is 2.21 bits per heavy atom. The fourth-order valence-electron chi connectivity index (χ4n) is 3.04. The molecule has 3 aromatic carbocycles. The van der Waals surface area contributed by atoms with Crippen molar-refractivity contribution in [3.05, 3.63) is 96.1 Å². The van der Waals surface area contributed by atoms with E-state index in [0.717, 1.165) is 22.5 Å². The van der Waals surface area contributed by atoms with Crippen molar-refractivity contribution in [2.45, 2.75) is 13.0 Å². The molecule has 0 radical (unpaired) electrons. The normalized spacial score (nSPS) is 10.4. The monoisotopic (exact) mass is 388 g/mol. The molecule has 0 fully saturated rings. The van der Waals surface area contributed by atoms with Gasteiger partial charge >= 0.3 is 0 Å². The molecular formula is C24H24N2O3. The van der Waals surface area contributed by atoms with Crippen molar-refractivity contribution in [1.82, 2.24) is 0 Å². The van der Waals surface area contributed by atoms with Crippen LogP contribution in [0.5, 0.6) is 0 Å². The maximum absolute atomic E-state index is 12.6. The molecule has 3 rings (SSSR count). The average Bonchev–Trinajstić information content (AvgIpc) is 2.74. The van der Waals surface area contributed by atoms with E-state index in [4.69, 9.17) is 4.74 Å². The molecule has 0 aliphatic heterocycles. The fourth-order valence-corrected chi connectivity index (χ4v) is 3.04. The highest BCUT2D eigenvalue weighted by molar-refractivity contribution is 5.95. The van der Waals surface area contributed by atoms with Gasteiger partial charge in [0.1, 0.15) is 6.61 Å². The predicted octanol–water partition coefficient (Wildman–Crippen LogP) is 4.05. The van der Waals surface area contributed by atoms with Gasteiger partial charge in [0.15, 0.2) is 0 Å². The molecule has 0 aliphatic rings. The molecule has 0 aromatic heterocycles. The fraction of sp³-hybridized carbons (Fsp3) is 0.167. The molecule has 2 amide bonds. The number of hydrogen-bond acceptors (Lipinski definition) is 3. The molecule has 0 aliphatic carbocycles. The number of carbonyl (C=O) groups excluding carboxylic acids is 2. The van der Waals surface area contributed by atoms with Crippen LogP contribution in [-0.2, 0) is 27.3 Å². The van der Waals surface area contributed by atoms with E-state index in [-0.39, 0.29) is 24.8 Å². The molecule has 0 heterocycles. The first kappa shape index (κ1) is 20.3.